The Morgan fingerprint density at radius 1 is 1.22 bits per heavy atom. The Morgan fingerprint density at radius 3 is 2.48 bits per heavy atom. The third-order valence-corrected chi connectivity index (χ3v) is 5.39. The average Bonchev–Trinajstić information content (AvgIpc) is 3.02. The zero-order valence-corrected chi connectivity index (χ0v) is 14.3. The normalized spacial score (nSPS) is 16.8. The molecular weight excluding hydrogens is 310 g/mol. The van der Waals surface area contributed by atoms with E-state index in [9.17, 15) is 4.79 Å². The molecule has 23 heavy (non-hydrogen) atoms. The summed E-state index contributed by atoms with van der Waals surface area (Å²) >= 11 is 1.15. The Kier molecular flexibility index (Phi) is 4.61. The molecule has 1 aliphatic carbocycles. The zero-order chi connectivity index (χ0) is 16.3. The number of carbonyl (C=O) groups is 1. The fourth-order valence-corrected chi connectivity index (χ4v) is 3.82. The summed E-state index contributed by atoms with van der Waals surface area (Å²) in [6.45, 7) is 1.82. The van der Waals surface area contributed by atoms with Crippen LogP contribution < -0.4 is 10.1 Å². The predicted molar refractivity (Wildman–Crippen MR) is 89.9 cm³/mol. The van der Waals surface area contributed by atoms with Crippen molar-refractivity contribution < 1.29 is 9.53 Å². The van der Waals surface area contributed by atoms with Gasteiger partial charge in [-0.3, -0.25) is 4.79 Å². The highest BCUT2D eigenvalue weighted by atomic mass is 32.1. The second-order valence-corrected chi connectivity index (χ2v) is 6.77. The average molecular weight is 331 g/mol. The minimum atomic E-state index is -0.308. The van der Waals surface area contributed by atoms with E-state index in [1.54, 1.807) is 7.11 Å². The summed E-state index contributed by atoms with van der Waals surface area (Å²) in [5.41, 5.74) is 1.52. The second-order valence-electron chi connectivity index (χ2n) is 6.01. The van der Waals surface area contributed by atoms with Crippen molar-refractivity contribution in [2.45, 2.75) is 44.6 Å². The van der Waals surface area contributed by atoms with Crippen LogP contribution in [0.3, 0.4) is 0 Å². The number of amides is 1. The molecule has 0 spiro atoms. The number of nitrogens with one attached hydrogen (secondary N) is 1. The highest BCUT2D eigenvalue weighted by Gasteiger charge is 2.36. The Hall–Kier alpha value is -1.95. The first-order valence-corrected chi connectivity index (χ1v) is 8.68. The van der Waals surface area contributed by atoms with E-state index in [1.807, 2.05) is 19.1 Å². The quantitative estimate of drug-likeness (QED) is 0.932. The summed E-state index contributed by atoms with van der Waals surface area (Å²) in [6, 6.07) is 8.03. The van der Waals surface area contributed by atoms with Crippen LogP contribution in [0.2, 0.25) is 0 Å². The minimum Gasteiger partial charge on any atom is -0.497 e. The van der Waals surface area contributed by atoms with Crippen molar-refractivity contribution in [3.63, 3.8) is 0 Å². The Bertz CT molecular complexity index is 675. The molecule has 1 aromatic carbocycles. The molecule has 0 saturated heterocycles. The summed E-state index contributed by atoms with van der Waals surface area (Å²) in [6.07, 6.45) is 5.36. The summed E-state index contributed by atoms with van der Waals surface area (Å²) in [5.74, 6) is 0.753. The summed E-state index contributed by atoms with van der Waals surface area (Å²) in [7, 11) is 1.66. The molecule has 1 aliphatic rings. The van der Waals surface area contributed by atoms with E-state index in [4.69, 9.17) is 4.74 Å². The standard InChI is InChI=1S/C17H21N3O2S/c1-12-15(23-20-19-12)16(21)18-17(10-4-3-5-11-17)13-6-8-14(22-2)9-7-13/h6-9H,3-5,10-11H2,1-2H3,(H,18,21). The lowest BCUT2D eigenvalue weighted by Crippen LogP contribution is -2.47. The smallest absolute Gasteiger partial charge is 0.265 e. The lowest BCUT2D eigenvalue weighted by atomic mass is 9.76. The van der Waals surface area contributed by atoms with Crippen molar-refractivity contribution >= 4 is 17.4 Å². The van der Waals surface area contributed by atoms with Crippen molar-refractivity contribution in [2.24, 2.45) is 0 Å². The minimum absolute atomic E-state index is 0.0739. The highest BCUT2D eigenvalue weighted by molar-refractivity contribution is 7.08. The maximum absolute atomic E-state index is 12.7. The van der Waals surface area contributed by atoms with Crippen LogP contribution in [0, 0.1) is 6.92 Å². The van der Waals surface area contributed by atoms with E-state index < -0.39 is 0 Å². The predicted octanol–water partition coefficient (Wildman–Crippen LogP) is 3.44. The molecule has 1 heterocycles. The van der Waals surface area contributed by atoms with Crippen molar-refractivity contribution in [1.29, 1.82) is 0 Å². The molecule has 0 radical (unpaired) electrons. The van der Waals surface area contributed by atoms with Crippen molar-refractivity contribution in [1.82, 2.24) is 14.9 Å². The van der Waals surface area contributed by atoms with Gasteiger partial charge in [0.2, 0.25) is 0 Å². The number of hydrogen-bond acceptors (Lipinski definition) is 5. The number of aromatic nitrogens is 2. The van der Waals surface area contributed by atoms with Crippen LogP contribution in [0.1, 0.15) is 53.0 Å². The third-order valence-electron chi connectivity index (χ3n) is 4.56. The molecule has 1 amide bonds. The van der Waals surface area contributed by atoms with Gasteiger partial charge in [-0.05, 0) is 49.0 Å². The number of carbonyl (C=O) groups excluding carboxylic acids is 1. The van der Waals surface area contributed by atoms with E-state index in [2.05, 4.69) is 27.0 Å². The summed E-state index contributed by atoms with van der Waals surface area (Å²) in [5, 5.41) is 7.22. The summed E-state index contributed by atoms with van der Waals surface area (Å²) in [4.78, 5) is 13.3. The zero-order valence-electron chi connectivity index (χ0n) is 13.5. The van der Waals surface area contributed by atoms with Crippen LogP contribution in [0.25, 0.3) is 0 Å². The van der Waals surface area contributed by atoms with E-state index in [0.29, 0.717) is 10.6 Å². The van der Waals surface area contributed by atoms with Gasteiger partial charge in [0.15, 0.2) is 0 Å². The van der Waals surface area contributed by atoms with Crippen molar-refractivity contribution in [3.05, 3.63) is 40.4 Å². The van der Waals surface area contributed by atoms with Crippen LogP contribution >= 0.6 is 11.5 Å². The van der Waals surface area contributed by atoms with Gasteiger partial charge in [-0.25, -0.2) is 0 Å². The largest absolute Gasteiger partial charge is 0.497 e. The Balaban J connectivity index is 1.90. The van der Waals surface area contributed by atoms with Gasteiger partial charge in [0.05, 0.1) is 18.3 Å². The van der Waals surface area contributed by atoms with Gasteiger partial charge < -0.3 is 10.1 Å². The number of aryl methyl sites for hydroxylation is 1. The van der Waals surface area contributed by atoms with E-state index in [-0.39, 0.29) is 11.4 Å². The molecule has 1 N–H and O–H groups in total. The first-order chi connectivity index (χ1) is 11.1. The van der Waals surface area contributed by atoms with E-state index >= 15 is 0 Å². The first kappa shape index (κ1) is 15.9. The Labute approximate surface area is 140 Å². The lowest BCUT2D eigenvalue weighted by Gasteiger charge is -2.38. The van der Waals surface area contributed by atoms with Crippen LogP contribution in [-0.2, 0) is 5.54 Å². The fraction of sp³-hybridized carbons (Fsp3) is 0.471. The van der Waals surface area contributed by atoms with Crippen LogP contribution in [0.4, 0.5) is 0 Å². The molecule has 3 rings (SSSR count). The van der Waals surface area contributed by atoms with Gasteiger partial charge >= 0.3 is 0 Å². The number of nitrogens with zero attached hydrogens (tertiary/aromatic N) is 2. The van der Waals surface area contributed by atoms with Gasteiger partial charge in [0, 0.05) is 0 Å². The Morgan fingerprint density at radius 2 is 1.91 bits per heavy atom. The SMILES string of the molecule is COc1ccc(C2(NC(=O)c3snnc3C)CCCCC2)cc1. The summed E-state index contributed by atoms with van der Waals surface area (Å²) < 4.78 is 9.11. The maximum Gasteiger partial charge on any atom is 0.265 e. The molecule has 0 bridgehead atoms. The molecule has 1 saturated carbocycles. The number of hydrogen-bond donors (Lipinski definition) is 1. The number of methoxy groups -OCH3 is 1. The fourth-order valence-electron chi connectivity index (χ4n) is 3.27. The van der Waals surface area contributed by atoms with Gasteiger partial charge in [-0.1, -0.05) is 35.9 Å². The van der Waals surface area contributed by atoms with Gasteiger partial charge in [-0.2, -0.15) is 0 Å². The molecule has 6 heteroatoms. The molecule has 0 unspecified atom stereocenters. The van der Waals surface area contributed by atoms with Crippen molar-refractivity contribution in [3.8, 4) is 5.75 Å². The van der Waals surface area contributed by atoms with Gasteiger partial charge in [0.25, 0.3) is 5.91 Å². The number of rotatable bonds is 4. The monoisotopic (exact) mass is 331 g/mol. The van der Waals surface area contributed by atoms with Crippen LogP contribution in [0.15, 0.2) is 24.3 Å². The topological polar surface area (TPSA) is 64.1 Å². The lowest BCUT2D eigenvalue weighted by molar-refractivity contribution is 0.0869. The molecule has 122 valence electrons. The molecule has 0 atom stereocenters. The number of benzene rings is 1. The molecule has 0 aliphatic heterocycles. The molecule has 2 aromatic rings. The van der Waals surface area contributed by atoms with Gasteiger partial charge in [-0.15, -0.1) is 5.10 Å². The first-order valence-electron chi connectivity index (χ1n) is 7.91. The third kappa shape index (κ3) is 3.22. The van der Waals surface area contributed by atoms with E-state index in [0.717, 1.165) is 48.5 Å². The van der Waals surface area contributed by atoms with Crippen LogP contribution in [0.5, 0.6) is 5.75 Å². The van der Waals surface area contributed by atoms with Crippen LogP contribution in [-0.4, -0.2) is 22.6 Å². The number of ether oxygens (including phenoxy) is 1. The van der Waals surface area contributed by atoms with Crippen molar-refractivity contribution in [2.75, 3.05) is 7.11 Å². The molecule has 1 fully saturated rings. The van der Waals surface area contributed by atoms with E-state index in [1.165, 1.54) is 6.42 Å². The highest BCUT2D eigenvalue weighted by Crippen LogP contribution is 2.38. The molecule has 5 nitrogen and oxygen atoms in total. The maximum atomic E-state index is 12.7. The molecular formula is C17H21N3O2S. The van der Waals surface area contributed by atoms with Gasteiger partial charge in [0.1, 0.15) is 10.6 Å². The molecule has 1 aromatic heterocycles. The second kappa shape index (κ2) is 6.66.